The summed E-state index contributed by atoms with van der Waals surface area (Å²) in [6.07, 6.45) is 2.06. The maximum Gasteiger partial charge on any atom is 0.191 e. The van der Waals surface area contributed by atoms with Crippen LogP contribution in [0.2, 0.25) is 5.02 Å². The van der Waals surface area contributed by atoms with Crippen molar-refractivity contribution < 1.29 is 14.2 Å². The van der Waals surface area contributed by atoms with Gasteiger partial charge in [0.2, 0.25) is 0 Å². The van der Waals surface area contributed by atoms with Crippen LogP contribution in [0.1, 0.15) is 19.8 Å². The molecule has 2 N–H and O–H groups in total. The molecule has 8 heteroatoms. The molecule has 2 rings (SSSR count). The molecule has 0 bridgehead atoms. The Kier molecular flexibility index (Phi) is 12.8. The van der Waals surface area contributed by atoms with Gasteiger partial charge in [0.15, 0.2) is 5.96 Å². The summed E-state index contributed by atoms with van der Waals surface area (Å²) in [4.78, 5) is 4.22. The first kappa shape index (κ1) is 24.3. The minimum Gasteiger partial charge on any atom is -0.489 e. The van der Waals surface area contributed by atoms with E-state index in [4.69, 9.17) is 25.8 Å². The molecule has 0 aromatic heterocycles. The Hall–Kier alpha value is -0.770. The fourth-order valence-electron chi connectivity index (χ4n) is 2.59. The third-order valence-electron chi connectivity index (χ3n) is 4.07. The molecule has 0 spiro atoms. The SMILES string of the molecule is CN=C(NCCCOCC1CCOC1)NCC(C)Oc1ccc(Cl)cc1.I. The second-order valence-electron chi connectivity index (χ2n) is 6.42. The number of rotatable bonds is 10. The topological polar surface area (TPSA) is 64.1 Å². The zero-order valence-corrected chi connectivity index (χ0v) is 19.2. The molecule has 2 atom stereocenters. The van der Waals surface area contributed by atoms with Crippen molar-refractivity contribution in [2.75, 3.05) is 46.6 Å². The predicted molar refractivity (Wildman–Crippen MR) is 121 cm³/mol. The number of nitrogens with zero attached hydrogens (tertiary/aromatic N) is 1. The van der Waals surface area contributed by atoms with Crippen LogP contribution >= 0.6 is 35.6 Å². The minimum absolute atomic E-state index is 0. The summed E-state index contributed by atoms with van der Waals surface area (Å²) in [7, 11) is 1.76. The number of hydrogen-bond acceptors (Lipinski definition) is 4. The average Bonchev–Trinajstić information content (AvgIpc) is 3.16. The Balaban J connectivity index is 0.00000364. The van der Waals surface area contributed by atoms with E-state index in [1.807, 2.05) is 31.2 Å². The number of ether oxygens (including phenoxy) is 3. The molecule has 0 aliphatic carbocycles. The van der Waals surface area contributed by atoms with Crippen molar-refractivity contribution in [1.82, 2.24) is 10.6 Å². The molecule has 1 aliphatic heterocycles. The van der Waals surface area contributed by atoms with Crippen molar-refractivity contribution in [3.8, 4) is 5.75 Å². The Morgan fingerprint density at radius 3 is 2.78 bits per heavy atom. The molecule has 0 amide bonds. The third-order valence-corrected chi connectivity index (χ3v) is 4.32. The standard InChI is InChI=1S/C19H30ClN3O3.HI/c1-15(26-18-6-4-17(20)5-7-18)12-23-19(21-2)22-9-3-10-24-13-16-8-11-25-14-16;/h4-7,15-16H,3,8-14H2,1-2H3,(H2,21,22,23);1H. The monoisotopic (exact) mass is 511 g/mol. The number of aliphatic imine (C=N–C) groups is 1. The lowest BCUT2D eigenvalue weighted by atomic mass is 10.1. The average molecular weight is 512 g/mol. The molecule has 1 fully saturated rings. The van der Waals surface area contributed by atoms with Gasteiger partial charge in [0.05, 0.1) is 19.8 Å². The van der Waals surface area contributed by atoms with E-state index in [1.165, 1.54) is 0 Å². The Morgan fingerprint density at radius 2 is 2.11 bits per heavy atom. The summed E-state index contributed by atoms with van der Waals surface area (Å²) < 4.78 is 16.9. The number of guanidine groups is 1. The van der Waals surface area contributed by atoms with Crippen molar-refractivity contribution in [1.29, 1.82) is 0 Å². The van der Waals surface area contributed by atoms with Crippen LogP contribution in [0.15, 0.2) is 29.3 Å². The van der Waals surface area contributed by atoms with Crippen LogP contribution in [0.5, 0.6) is 5.75 Å². The maximum absolute atomic E-state index is 5.88. The smallest absolute Gasteiger partial charge is 0.191 e. The van der Waals surface area contributed by atoms with Crippen molar-refractivity contribution in [2.45, 2.75) is 25.9 Å². The predicted octanol–water partition coefficient (Wildman–Crippen LogP) is 3.33. The van der Waals surface area contributed by atoms with Gasteiger partial charge in [0.1, 0.15) is 11.9 Å². The molecule has 1 aromatic carbocycles. The van der Waals surface area contributed by atoms with E-state index in [0.717, 1.165) is 57.5 Å². The molecular formula is C19H31ClIN3O3. The van der Waals surface area contributed by atoms with Crippen LogP contribution in [-0.4, -0.2) is 58.6 Å². The van der Waals surface area contributed by atoms with E-state index >= 15 is 0 Å². The van der Waals surface area contributed by atoms with E-state index in [1.54, 1.807) is 7.05 Å². The van der Waals surface area contributed by atoms with Gasteiger partial charge < -0.3 is 24.8 Å². The molecule has 1 aromatic rings. The van der Waals surface area contributed by atoms with Crippen molar-refractivity contribution in [3.63, 3.8) is 0 Å². The highest BCUT2D eigenvalue weighted by atomic mass is 127. The Bertz CT molecular complexity index is 540. The second-order valence-corrected chi connectivity index (χ2v) is 6.86. The first-order chi connectivity index (χ1) is 12.7. The first-order valence-electron chi connectivity index (χ1n) is 9.19. The van der Waals surface area contributed by atoms with Crippen molar-refractivity contribution >= 4 is 41.5 Å². The van der Waals surface area contributed by atoms with Gasteiger partial charge in [-0.25, -0.2) is 0 Å². The highest BCUT2D eigenvalue weighted by Crippen LogP contribution is 2.16. The zero-order chi connectivity index (χ0) is 18.6. The molecule has 27 heavy (non-hydrogen) atoms. The van der Waals surface area contributed by atoms with Crippen LogP contribution in [0.3, 0.4) is 0 Å². The summed E-state index contributed by atoms with van der Waals surface area (Å²) in [5.41, 5.74) is 0. The number of halogens is 2. The van der Waals surface area contributed by atoms with E-state index in [0.29, 0.717) is 17.5 Å². The number of benzene rings is 1. The summed E-state index contributed by atoms with van der Waals surface area (Å²) >= 11 is 5.88. The van der Waals surface area contributed by atoms with Gasteiger partial charge in [-0.05, 0) is 44.0 Å². The normalized spacial score (nSPS) is 17.9. The van der Waals surface area contributed by atoms with Gasteiger partial charge >= 0.3 is 0 Å². The molecule has 2 unspecified atom stereocenters. The molecular weight excluding hydrogens is 481 g/mol. The molecule has 1 saturated heterocycles. The van der Waals surface area contributed by atoms with Crippen LogP contribution < -0.4 is 15.4 Å². The first-order valence-corrected chi connectivity index (χ1v) is 9.57. The van der Waals surface area contributed by atoms with E-state index < -0.39 is 0 Å². The molecule has 0 saturated carbocycles. The van der Waals surface area contributed by atoms with Gasteiger partial charge in [0.25, 0.3) is 0 Å². The van der Waals surface area contributed by atoms with Crippen LogP contribution in [-0.2, 0) is 9.47 Å². The van der Waals surface area contributed by atoms with Crippen LogP contribution in [0.4, 0.5) is 0 Å². The lowest BCUT2D eigenvalue weighted by Crippen LogP contribution is -2.42. The molecule has 154 valence electrons. The molecule has 1 aliphatic rings. The van der Waals surface area contributed by atoms with Gasteiger partial charge in [-0.2, -0.15) is 0 Å². The third kappa shape index (κ3) is 10.4. The maximum atomic E-state index is 5.88. The molecule has 1 heterocycles. The van der Waals surface area contributed by atoms with Crippen molar-refractivity contribution in [2.24, 2.45) is 10.9 Å². The Morgan fingerprint density at radius 1 is 1.33 bits per heavy atom. The highest BCUT2D eigenvalue weighted by molar-refractivity contribution is 14.0. The van der Waals surface area contributed by atoms with E-state index in [2.05, 4.69) is 15.6 Å². The van der Waals surface area contributed by atoms with Crippen LogP contribution in [0, 0.1) is 5.92 Å². The Labute approximate surface area is 184 Å². The summed E-state index contributed by atoms with van der Waals surface area (Å²) in [5.74, 6) is 2.14. The minimum atomic E-state index is 0. The summed E-state index contributed by atoms with van der Waals surface area (Å²) in [5, 5.41) is 7.25. The van der Waals surface area contributed by atoms with Gasteiger partial charge in [-0.1, -0.05) is 11.6 Å². The zero-order valence-electron chi connectivity index (χ0n) is 16.1. The van der Waals surface area contributed by atoms with E-state index in [9.17, 15) is 0 Å². The fraction of sp³-hybridized carbons (Fsp3) is 0.632. The molecule has 6 nitrogen and oxygen atoms in total. The fourth-order valence-corrected chi connectivity index (χ4v) is 2.72. The van der Waals surface area contributed by atoms with Crippen molar-refractivity contribution in [3.05, 3.63) is 29.3 Å². The van der Waals surface area contributed by atoms with Gasteiger partial charge in [-0.3, -0.25) is 4.99 Å². The largest absolute Gasteiger partial charge is 0.489 e. The summed E-state index contributed by atoms with van der Waals surface area (Å²) in [6, 6.07) is 7.37. The van der Waals surface area contributed by atoms with Crippen LogP contribution in [0.25, 0.3) is 0 Å². The van der Waals surface area contributed by atoms with Gasteiger partial charge in [0, 0.05) is 37.7 Å². The number of nitrogens with one attached hydrogen (secondary N) is 2. The highest BCUT2D eigenvalue weighted by Gasteiger charge is 2.15. The quantitative estimate of drug-likeness (QED) is 0.218. The molecule has 0 radical (unpaired) electrons. The second kappa shape index (κ2) is 14.3. The lowest BCUT2D eigenvalue weighted by molar-refractivity contribution is 0.0888. The summed E-state index contributed by atoms with van der Waals surface area (Å²) in [6.45, 7) is 6.73. The lowest BCUT2D eigenvalue weighted by Gasteiger charge is -2.18. The van der Waals surface area contributed by atoms with E-state index in [-0.39, 0.29) is 30.1 Å². The van der Waals surface area contributed by atoms with Gasteiger partial charge in [-0.15, -0.1) is 24.0 Å². The number of hydrogen-bond donors (Lipinski definition) is 2.